The highest BCUT2D eigenvalue weighted by Gasteiger charge is 2.25. The Hall–Kier alpha value is -1.59. The molecular weight excluding hydrogens is 290 g/mol. The summed E-state index contributed by atoms with van der Waals surface area (Å²) in [6.45, 7) is 4.29. The van der Waals surface area contributed by atoms with E-state index in [1.165, 1.54) is 0 Å². The lowest BCUT2D eigenvalue weighted by Crippen LogP contribution is -2.47. The average Bonchev–Trinajstić information content (AvgIpc) is 2.86. The molecular formula is C15H20ClN3O2. The summed E-state index contributed by atoms with van der Waals surface area (Å²) in [4.78, 5) is 25.7. The molecule has 5 nitrogen and oxygen atoms in total. The smallest absolute Gasteiger partial charge is 0.246 e. The number of rotatable bonds is 4. The van der Waals surface area contributed by atoms with Crippen molar-refractivity contribution in [3.63, 3.8) is 0 Å². The first-order chi connectivity index (χ1) is 9.90. The van der Waals surface area contributed by atoms with Crippen molar-refractivity contribution in [3.8, 4) is 0 Å². The van der Waals surface area contributed by atoms with Gasteiger partial charge in [0.25, 0.3) is 0 Å². The van der Waals surface area contributed by atoms with Crippen LogP contribution >= 0.6 is 11.6 Å². The first-order valence-electron chi connectivity index (χ1n) is 7.02. The number of carbonyl (C=O) groups is 2. The van der Waals surface area contributed by atoms with Crippen LogP contribution in [-0.4, -0.2) is 30.9 Å². The summed E-state index contributed by atoms with van der Waals surface area (Å²) < 4.78 is 0. The summed E-state index contributed by atoms with van der Waals surface area (Å²) in [5, 5.41) is 3.19. The molecule has 6 heteroatoms. The van der Waals surface area contributed by atoms with E-state index in [4.69, 9.17) is 17.3 Å². The number of halogens is 1. The van der Waals surface area contributed by atoms with E-state index >= 15 is 0 Å². The quantitative estimate of drug-likeness (QED) is 0.881. The molecule has 0 aliphatic carbocycles. The Balaban J connectivity index is 1.97. The fourth-order valence-electron chi connectivity index (χ4n) is 2.29. The van der Waals surface area contributed by atoms with E-state index in [0.29, 0.717) is 11.6 Å². The van der Waals surface area contributed by atoms with Crippen LogP contribution < -0.4 is 16.0 Å². The van der Waals surface area contributed by atoms with Crippen LogP contribution in [-0.2, 0) is 16.0 Å². The Morgan fingerprint density at radius 3 is 2.81 bits per heavy atom. The summed E-state index contributed by atoms with van der Waals surface area (Å²) in [6, 6.07) is 4.93. The second kappa shape index (κ2) is 6.45. The maximum Gasteiger partial charge on any atom is 0.246 e. The first kappa shape index (κ1) is 15.8. The number of carbonyl (C=O) groups excluding carboxylic acids is 2. The minimum Gasteiger partial charge on any atom is -0.346 e. The molecule has 1 atom stereocenters. The second-order valence-corrected chi connectivity index (χ2v) is 5.99. The van der Waals surface area contributed by atoms with Gasteiger partial charge in [-0.05, 0) is 30.0 Å². The molecule has 2 amide bonds. The third kappa shape index (κ3) is 3.54. The molecule has 0 radical (unpaired) electrons. The van der Waals surface area contributed by atoms with E-state index in [9.17, 15) is 9.59 Å². The van der Waals surface area contributed by atoms with Crippen molar-refractivity contribution in [1.82, 2.24) is 5.32 Å². The number of nitrogens with two attached hydrogens (primary N) is 1. The standard InChI is InChI=1S/C15H20ClN3O2/c1-9(2)14(17)15(21)18-8-13(20)19-6-5-10-3-4-11(16)7-12(10)19/h3-4,7,9,14H,5-6,8,17H2,1-2H3,(H,18,21)/t14-/m0/s1. The largest absolute Gasteiger partial charge is 0.346 e. The minimum absolute atomic E-state index is 0.0337. The van der Waals surface area contributed by atoms with E-state index in [2.05, 4.69) is 5.32 Å². The number of benzene rings is 1. The number of fused-ring (bicyclic) bond motifs is 1. The van der Waals surface area contributed by atoms with Gasteiger partial charge in [0.15, 0.2) is 0 Å². The number of hydrogen-bond acceptors (Lipinski definition) is 3. The fourth-order valence-corrected chi connectivity index (χ4v) is 2.46. The lowest BCUT2D eigenvalue weighted by Gasteiger charge is -2.19. The zero-order valence-electron chi connectivity index (χ0n) is 12.2. The molecule has 3 N–H and O–H groups in total. The Kier molecular flexibility index (Phi) is 4.85. The molecule has 1 heterocycles. The zero-order chi connectivity index (χ0) is 15.6. The maximum absolute atomic E-state index is 12.2. The van der Waals surface area contributed by atoms with Crippen LogP contribution in [0.25, 0.3) is 0 Å². The maximum atomic E-state index is 12.2. The summed E-state index contributed by atoms with van der Waals surface area (Å²) in [7, 11) is 0. The molecule has 1 aromatic rings. The van der Waals surface area contributed by atoms with Crippen molar-refractivity contribution in [2.75, 3.05) is 18.0 Å². The predicted octanol–water partition coefficient (Wildman–Crippen LogP) is 1.33. The van der Waals surface area contributed by atoms with Crippen molar-refractivity contribution in [3.05, 3.63) is 28.8 Å². The third-order valence-electron chi connectivity index (χ3n) is 3.68. The lowest BCUT2D eigenvalue weighted by atomic mass is 10.1. The Morgan fingerprint density at radius 2 is 2.14 bits per heavy atom. The fraction of sp³-hybridized carbons (Fsp3) is 0.467. The number of anilines is 1. The highest BCUT2D eigenvalue weighted by Crippen LogP contribution is 2.30. The summed E-state index contributed by atoms with van der Waals surface area (Å²) in [5.74, 6) is -0.421. The molecule has 0 spiro atoms. The molecule has 0 aromatic heterocycles. The van der Waals surface area contributed by atoms with Gasteiger partial charge >= 0.3 is 0 Å². The first-order valence-corrected chi connectivity index (χ1v) is 7.40. The monoisotopic (exact) mass is 309 g/mol. The topological polar surface area (TPSA) is 75.4 Å². The highest BCUT2D eigenvalue weighted by atomic mass is 35.5. The van der Waals surface area contributed by atoms with Crippen molar-refractivity contribution >= 4 is 29.1 Å². The number of hydrogen-bond donors (Lipinski definition) is 2. The van der Waals surface area contributed by atoms with Gasteiger partial charge in [-0.15, -0.1) is 0 Å². The molecule has 0 bridgehead atoms. The number of amides is 2. The second-order valence-electron chi connectivity index (χ2n) is 5.56. The van der Waals surface area contributed by atoms with Crippen LogP contribution in [0, 0.1) is 5.92 Å². The SMILES string of the molecule is CC(C)[C@H](N)C(=O)NCC(=O)N1CCc2ccc(Cl)cc21. The molecule has 1 aliphatic rings. The molecule has 1 aromatic carbocycles. The highest BCUT2D eigenvalue weighted by molar-refractivity contribution is 6.31. The zero-order valence-corrected chi connectivity index (χ0v) is 13.0. The minimum atomic E-state index is -0.599. The molecule has 0 unspecified atom stereocenters. The van der Waals surface area contributed by atoms with Gasteiger partial charge in [-0.2, -0.15) is 0 Å². The molecule has 2 rings (SSSR count). The molecule has 0 fully saturated rings. The number of nitrogens with one attached hydrogen (secondary N) is 1. The van der Waals surface area contributed by atoms with Crippen molar-refractivity contribution < 1.29 is 9.59 Å². The Morgan fingerprint density at radius 1 is 1.43 bits per heavy atom. The predicted molar refractivity (Wildman–Crippen MR) is 83.3 cm³/mol. The molecule has 0 saturated carbocycles. The van der Waals surface area contributed by atoms with Gasteiger partial charge in [0.05, 0.1) is 12.6 Å². The van der Waals surface area contributed by atoms with Gasteiger partial charge in [-0.3, -0.25) is 9.59 Å². The molecule has 114 valence electrons. The third-order valence-corrected chi connectivity index (χ3v) is 3.91. The van der Waals surface area contributed by atoms with E-state index in [0.717, 1.165) is 17.7 Å². The molecule has 1 aliphatic heterocycles. The van der Waals surface area contributed by atoms with E-state index in [-0.39, 0.29) is 24.3 Å². The van der Waals surface area contributed by atoms with E-state index < -0.39 is 6.04 Å². The van der Waals surface area contributed by atoms with Gasteiger partial charge in [-0.1, -0.05) is 31.5 Å². The van der Waals surface area contributed by atoms with Crippen molar-refractivity contribution in [2.24, 2.45) is 11.7 Å². The van der Waals surface area contributed by atoms with Gasteiger partial charge in [-0.25, -0.2) is 0 Å². The van der Waals surface area contributed by atoms with Gasteiger partial charge in [0.1, 0.15) is 0 Å². The lowest BCUT2D eigenvalue weighted by molar-refractivity contribution is -0.126. The van der Waals surface area contributed by atoms with E-state index in [1.54, 1.807) is 11.0 Å². The van der Waals surface area contributed by atoms with Crippen LogP contribution in [0.2, 0.25) is 5.02 Å². The summed E-state index contributed by atoms with van der Waals surface area (Å²) in [5.41, 5.74) is 7.67. The van der Waals surface area contributed by atoms with Crippen molar-refractivity contribution in [2.45, 2.75) is 26.3 Å². The molecule has 21 heavy (non-hydrogen) atoms. The van der Waals surface area contributed by atoms with Crippen LogP contribution in [0.1, 0.15) is 19.4 Å². The Bertz CT molecular complexity index is 560. The van der Waals surface area contributed by atoms with Gasteiger partial charge in [0, 0.05) is 17.3 Å². The normalized spacial score (nSPS) is 15.0. The summed E-state index contributed by atoms with van der Waals surface area (Å²) in [6.07, 6.45) is 0.803. The van der Waals surface area contributed by atoms with Crippen LogP contribution in [0.4, 0.5) is 5.69 Å². The van der Waals surface area contributed by atoms with Gasteiger partial charge in [0.2, 0.25) is 11.8 Å². The average molecular weight is 310 g/mol. The summed E-state index contributed by atoms with van der Waals surface area (Å²) >= 11 is 5.97. The van der Waals surface area contributed by atoms with Crippen LogP contribution in [0.3, 0.4) is 0 Å². The van der Waals surface area contributed by atoms with Crippen LogP contribution in [0.15, 0.2) is 18.2 Å². The molecule has 0 saturated heterocycles. The van der Waals surface area contributed by atoms with Gasteiger partial charge < -0.3 is 16.0 Å². The van der Waals surface area contributed by atoms with Crippen molar-refractivity contribution in [1.29, 1.82) is 0 Å². The number of nitrogens with zero attached hydrogens (tertiary/aromatic N) is 1. The van der Waals surface area contributed by atoms with E-state index in [1.807, 2.05) is 26.0 Å². The van der Waals surface area contributed by atoms with Crippen LogP contribution in [0.5, 0.6) is 0 Å². The Labute approximate surface area is 129 Å².